The molecule has 0 amide bonds. The summed E-state index contributed by atoms with van der Waals surface area (Å²) >= 11 is 0. The van der Waals surface area contributed by atoms with Crippen LogP contribution in [-0.4, -0.2) is 30.1 Å². The van der Waals surface area contributed by atoms with Gasteiger partial charge in [-0.15, -0.1) is 0 Å². The number of esters is 2. The Kier molecular flexibility index (Phi) is 6.07. The fourth-order valence-electron chi connectivity index (χ4n) is 2.46. The molecule has 0 bridgehead atoms. The zero-order valence-corrected chi connectivity index (χ0v) is 14.2. The minimum atomic E-state index is -0.556. The molecule has 0 fully saturated rings. The van der Waals surface area contributed by atoms with Crippen molar-refractivity contribution >= 4 is 11.9 Å². The molecule has 0 aliphatic heterocycles. The van der Waals surface area contributed by atoms with Crippen LogP contribution in [0.2, 0.25) is 0 Å². The van der Waals surface area contributed by atoms with E-state index in [9.17, 15) is 9.59 Å². The third-order valence-corrected chi connectivity index (χ3v) is 3.41. The third kappa shape index (κ3) is 4.19. The third-order valence-electron chi connectivity index (χ3n) is 3.41. The van der Waals surface area contributed by atoms with E-state index in [4.69, 9.17) is 9.47 Å². The number of pyridine rings is 1. The van der Waals surface area contributed by atoms with Gasteiger partial charge in [0.05, 0.1) is 30.0 Å². The molecule has 0 unspecified atom stereocenters. The summed E-state index contributed by atoms with van der Waals surface area (Å²) in [7, 11) is 0. The second-order valence-electron chi connectivity index (χ2n) is 5.24. The maximum absolute atomic E-state index is 12.4. The number of aromatic nitrogens is 1. The largest absolute Gasteiger partial charge is 0.462 e. The standard InChI is InChI=1S/C19H21NO4/c1-4-23-18(21)15-11-13(3)20-16(17(15)19(22)24-5-2)12-14-9-7-6-8-10-14/h6-11H,4-5,12H2,1-3H3. The molecule has 1 heterocycles. The van der Waals surface area contributed by atoms with Gasteiger partial charge >= 0.3 is 11.9 Å². The lowest BCUT2D eigenvalue weighted by Crippen LogP contribution is -2.18. The molecule has 126 valence electrons. The van der Waals surface area contributed by atoms with Gasteiger partial charge in [-0.3, -0.25) is 4.98 Å². The molecule has 5 heteroatoms. The fourth-order valence-corrected chi connectivity index (χ4v) is 2.46. The number of benzene rings is 1. The summed E-state index contributed by atoms with van der Waals surface area (Å²) in [5.41, 5.74) is 2.55. The molecule has 0 atom stereocenters. The van der Waals surface area contributed by atoms with Crippen molar-refractivity contribution in [3.63, 3.8) is 0 Å². The average molecular weight is 327 g/mol. The molecule has 2 rings (SSSR count). The minimum absolute atomic E-state index is 0.185. The molecule has 5 nitrogen and oxygen atoms in total. The highest BCUT2D eigenvalue weighted by atomic mass is 16.5. The van der Waals surface area contributed by atoms with Crippen molar-refractivity contribution in [2.24, 2.45) is 0 Å². The number of rotatable bonds is 6. The molecule has 0 spiro atoms. The number of aryl methyl sites for hydroxylation is 1. The lowest BCUT2D eigenvalue weighted by atomic mass is 10.00. The maximum Gasteiger partial charge on any atom is 0.340 e. The predicted octanol–water partition coefficient (Wildman–Crippen LogP) is 3.33. The minimum Gasteiger partial charge on any atom is -0.462 e. The normalized spacial score (nSPS) is 10.3. The van der Waals surface area contributed by atoms with E-state index >= 15 is 0 Å². The van der Waals surface area contributed by atoms with Gasteiger partial charge in [-0.05, 0) is 32.4 Å². The molecule has 0 saturated heterocycles. The number of nitrogens with zero attached hydrogens (tertiary/aromatic N) is 1. The van der Waals surface area contributed by atoms with Crippen LogP contribution in [-0.2, 0) is 15.9 Å². The molecule has 24 heavy (non-hydrogen) atoms. The van der Waals surface area contributed by atoms with Gasteiger partial charge in [-0.1, -0.05) is 30.3 Å². The van der Waals surface area contributed by atoms with E-state index in [1.165, 1.54) is 0 Å². The Morgan fingerprint density at radius 1 is 1.00 bits per heavy atom. The van der Waals surface area contributed by atoms with E-state index in [1.54, 1.807) is 26.8 Å². The molecule has 0 radical (unpaired) electrons. The molecule has 0 saturated carbocycles. The first kappa shape index (κ1) is 17.7. The van der Waals surface area contributed by atoms with Crippen molar-refractivity contribution < 1.29 is 19.1 Å². The van der Waals surface area contributed by atoms with Crippen LogP contribution in [0.3, 0.4) is 0 Å². The van der Waals surface area contributed by atoms with E-state index in [0.29, 0.717) is 17.8 Å². The number of carbonyl (C=O) groups excluding carboxylic acids is 2. The second-order valence-corrected chi connectivity index (χ2v) is 5.24. The Labute approximate surface area is 141 Å². The monoisotopic (exact) mass is 327 g/mol. The summed E-state index contributed by atoms with van der Waals surface area (Å²) in [5, 5.41) is 0. The van der Waals surface area contributed by atoms with Gasteiger partial charge in [-0.25, -0.2) is 9.59 Å². The van der Waals surface area contributed by atoms with Crippen LogP contribution < -0.4 is 0 Å². The highest BCUT2D eigenvalue weighted by molar-refractivity contribution is 6.04. The lowest BCUT2D eigenvalue weighted by Gasteiger charge is -2.14. The van der Waals surface area contributed by atoms with Crippen LogP contribution >= 0.6 is 0 Å². The fraction of sp³-hybridized carbons (Fsp3) is 0.316. The van der Waals surface area contributed by atoms with Gasteiger partial charge in [0.15, 0.2) is 0 Å². The van der Waals surface area contributed by atoms with E-state index in [2.05, 4.69) is 4.98 Å². The zero-order valence-electron chi connectivity index (χ0n) is 14.2. The van der Waals surface area contributed by atoms with Gasteiger partial charge in [-0.2, -0.15) is 0 Å². The van der Waals surface area contributed by atoms with Crippen LogP contribution in [0.4, 0.5) is 0 Å². The van der Waals surface area contributed by atoms with Crippen molar-refractivity contribution in [3.05, 3.63) is 64.5 Å². The zero-order chi connectivity index (χ0) is 17.5. The van der Waals surface area contributed by atoms with E-state index in [0.717, 1.165) is 5.56 Å². The summed E-state index contributed by atoms with van der Waals surface area (Å²) in [6, 6.07) is 11.2. The molecule has 1 aromatic carbocycles. The predicted molar refractivity (Wildman–Crippen MR) is 90.1 cm³/mol. The number of ether oxygens (including phenoxy) is 2. The maximum atomic E-state index is 12.4. The molecule has 1 aromatic heterocycles. The first-order valence-corrected chi connectivity index (χ1v) is 7.95. The number of carbonyl (C=O) groups is 2. The van der Waals surface area contributed by atoms with E-state index in [1.807, 2.05) is 30.3 Å². The van der Waals surface area contributed by atoms with Crippen molar-refractivity contribution in [2.75, 3.05) is 13.2 Å². The Balaban J connectivity index is 2.54. The highest BCUT2D eigenvalue weighted by Gasteiger charge is 2.25. The molecule has 0 aliphatic carbocycles. The van der Waals surface area contributed by atoms with E-state index in [-0.39, 0.29) is 24.3 Å². The Bertz CT molecular complexity index is 726. The second kappa shape index (κ2) is 8.24. The SMILES string of the molecule is CCOC(=O)c1cc(C)nc(Cc2ccccc2)c1C(=O)OCC. The van der Waals surface area contributed by atoms with Crippen LogP contribution in [0.25, 0.3) is 0 Å². The molecule has 0 aliphatic rings. The van der Waals surface area contributed by atoms with Crippen LogP contribution in [0.5, 0.6) is 0 Å². The summed E-state index contributed by atoms with van der Waals surface area (Å²) in [5.74, 6) is -1.10. The summed E-state index contributed by atoms with van der Waals surface area (Å²) in [4.78, 5) is 29.2. The average Bonchev–Trinajstić information content (AvgIpc) is 2.55. The van der Waals surface area contributed by atoms with Crippen LogP contribution in [0, 0.1) is 6.92 Å². The van der Waals surface area contributed by atoms with Gasteiger partial charge in [0.25, 0.3) is 0 Å². The van der Waals surface area contributed by atoms with Crippen molar-refractivity contribution in [3.8, 4) is 0 Å². The summed E-state index contributed by atoms with van der Waals surface area (Å²) in [6.07, 6.45) is 0.434. The highest BCUT2D eigenvalue weighted by Crippen LogP contribution is 2.20. The summed E-state index contributed by atoms with van der Waals surface area (Å²) < 4.78 is 10.2. The first-order valence-electron chi connectivity index (χ1n) is 7.95. The van der Waals surface area contributed by atoms with Gasteiger partial charge in [0, 0.05) is 12.1 Å². The first-order chi connectivity index (χ1) is 11.6. The number of hydrogen-bond donors (Lipinski definition) is 0. The Hall–Kier alpha value is -2.69. The van der Waals surface area contributed by atoms with Crippen molar-refractivity contribution in [2.45, 2.75) is 27.2 Å². The smallest absolute Gasteiger partial charge is 0.340 e. The lowest BCUT2D eigenvalue weighted by molar-refractivity contribution is 0.0477. The Morgan fingerprint density at radius 3 is 2.25 bits per heavy atom. The molecular weight excluding hydrogens is 306 g/mol. The molecule has 2 aromatic rings. The topological polar surface area (TPSA) is 65.5 Å². The van der Waals surface area contributed by atoms with Gasteiger partial charge < -0.3 is 9.47 Å². The van der Waals surface area contributed by atoms with Crippen molar-refractivity contribution in [1.82, 2.24) is 4.98 Å². The Morgan fingerprint density at radius 2 is 1.62 bits per heavy atom. The quantitative estimate of drug-likeness (QED) is 0.761. The number of hydrogen-bond acceptors (Lipinski definition) is 5. The van der Waals surface area contributed by atoms with E-state index < -0.39 is 11.9 Å². The van der Waals surface area contributed by atoms with Crippen LogP contribution in [0.15, 0.2) is 36.4 Å². The van der Waals surface area contributed by atoms with Crippen LogP contribution in [0.1, 0.15) is 51.5 Å². The van der Waals surface area contributed by atoms with Crippen molar-refractivity contribution in [1.29, 1.82) is 0 Å². The van der Waals surface area contributed by atoms with Gasteiger partial charge in [0.2, 0.25) is 0 Å². The van der Waals surface area contributed by atoms with Gasteiger partial charge in [0.1, 0.15) is 0 Å². The molecule has 0 N–H and O–H groups in total. The summed E-state index contributed by atoms with van der Waals surface area (Å²) in [6.45, 7) is 5.68. The molecular formula is C19H21NO4.